The van der Waals surface area contributed by atoms with E-state index in [-0.39, 0.29) is 18.7 Å². The van der Waals surface area contributed by atoms with E-state index in [2.05, 4.69) is 5.43 Å². The molecule has 4 aromatic rings. The highest BCUT2D eigenvalue weighted by molar-refractivity contribution is 5.85. The number of rotatable bonds is 5. The topological polar surface area (TPSA) is 65.3 Å². The Hall–Kier alpha value is -3.54. The number of aromatic nitrogens is 2. The highest BCUT2D eigenvalue weighted by Crippen LogP contribution is 2.19. The molecular weight excluding hydrogens is 342 g/mol. The molecule has 0 spiro atoms. The van der Waals surface area contributed by atoms with Gasteiger partial charge in [0.25, 0.3) is 5.56 Å². The minimum absolute atomic E-state index is 0.130. The van der Waals surface area contributed by atoms with Crippen molar-refractivity contribution in [1.82, 2.24) is 9.24 Å². The van der Waals surface area contributed by atoms with Crippen molar-refractivity contribution in [3.05, 3.63) is 77.2 Å². The summed E-state index contributed by atoms with van der Waals surface area (Å²) in [6, 6.07) is 19.1. The van der Waals surface area contributed by atoms with Gasteiger partial charge in [-0.3, -0.25) is 24.3 Å². The molecule has 2 heterocycles. The minimum Gasteiger partial charge on any atom is -0.465 e. The summed E-state index contributed by atoms with van der Waals surface area (Å²) >= 11 is 0. The molecule has 0 aliphatic heterocycles. The Kier molecular flexibility index (Phi) is 4.38. The number of pyridine rings is 1. The maximum absolute atomic E-state index is 13.1. The van der Waals surface area contributed by atoms with Crippen LogP contribution < -0.4 is 11.0 Å². The molecule has 0 unspecified atom stereocenters. The number of nitrogens with one attached hydrogen (secondary N) is 1. The van der Waals surface area contributed by atoms with E-state index < -0.39 is 5.97 Å². The molecule has 2 aromatic heterocycles. The monoisotopic (exact) mass is 361 g/mol. The van der Waals surface area contributed by atoms with Gasteiger partial charge in [-0.15, -0.1) is 0 Å². The van der Waals surface area contributed by atoms with Crippen LogP contribution in [0.2, 0.25) is 0 Å². The predicted molar refractivity (Wildman–Crippen MR) is 106 cm³/mol. The van der Waals surface area contributed by atoms with E-state index in [0.717, 1.165) is 16.3 Å². The van der Waals surface area contributed by atoms with Crippen LogP contribution in [0.3, 0.4) is 0 Å². The summed E-state index contributed by atoms with van der Waals surface area (Å²) in [6.07, 6.45) is 1.87. The molecule has 0 fully saturated rings. The van der Waals surface area contributed by atoms with Crippen molar-refractivity contribution >= 4 is 33.5 Å². The van der Waals surface area contributed by atoms with E-state index in [0.29, 0.717) is 11.2 Å². The fourth-order valence-electron chi connectivity index (χ4n) is 3.21. The molecule has 27 heavy (non-hydrogen) atoms. The number of hydrogen-bond donors (Lipinski definition) is 1. The average Bonchev–Trinajstić information content (AvgIpc) is 3.08. The summed E-state index contributed by atoms with van der Waals surface area (Å²) in [7, 11) is 0. The van der Waals surface area contributed by atoms with Crippen LogP contribution in [0.1, 0.15) is 6.92 Å². The van der Waals surface area contributed by atoms with Gasteiger partial charge in [-0.25, -0.2) is 0 Å². The van der Waals surface area contributed by atoms with Gasteiger partial charge >= 0.3 is 5.97 Å². The van der Waals surface area contributed by atoms with Crippen molar-refractivity contribution in [3.63, 3.8) is 0 Å². The molecular formula is C21H19N3O3. The van der Waals surface area contributed by atoms with Crippen molar-refractivity contribution in [2.75, 3.05) is 12.0 Å². The number of esters is 1. The van der Waals surface area contributed by atoms with Crippen LogP contribution >= 0.6 is 0 Å². The van der Waals surface area contributed by atoms with Gasteiger partial charge in [0.05, 0.1) is 17.6 Å². The predicted octanol–water partition coefficient (Wildman–Crippen LogP) is 3.39. The highest BCUT2D eigenvalue weighted by Gasteiger charge is 2.13. The van der Waals surface area contributed by atoms with Crippen LogP contribution in [-0.4, -0.2) is 21.8 Å². The SMILES string of the molecule is CCOC(=O)Cn1c(=O)c(Nn2ccc3ccccc32)cc2ccccc21. The first-order valence-corrected chi connectivity index (χ1v) is 8.78. The lowest BCUT2D eigenvalue weighted by Gasteiger charge is -2.14. The molecule has 6 nitrogen and oxygen atoms in total. The van der Waals surface area contributed by atoms with Gasteiger partial charge in [-0.05, 0) is 31.2 Å². The number of carbonyl (C=O) groups is 1. The van der Waals surface area contributed by atoms with E-state index in [1.54, 1.807) is 17.7 Å². The summed E-state index contributed by atoms with van der Waals surface area (Å²) in [4.78, 5) is 25.1. The van der Waals surface area contributed by atoms with Gasteiger partial charge in [0.15, 0.2) is 0 Å². The Bertz CT molecular complexity index is 1190. The summed E-state index contributed by atoms with van der Waals surface area (Å²) in [5.74, 6) is -0.437. The van der Waals surface area contributed by atoms with Crippen LogP contribution in [0.25, 0.3) is 21.8 Å². The molecule has 0 aliphatic rings. The third-order valence-electron chi connectivity index (χ3n) is 4.44. The zero-order valence-electron chi connectivity index (χ0n) is 14.9. The van der Waals surface area contributed by atoms with Gasteiger partial charge in [-0.1, -0.05) is 36.4 Å². The van der Waals surface area contributed by atoms with E-state index in [1.165, 1.54) is 4.57 Å². The standard InChI is InChI=1S/C21H19N3O3/c1-2-27-20(25)14-23-18-9-5-4-8-16(18)13-17(21(23)26)22-24-12-11-15-7-3-6-10-19(15)24/h3-13,22H,2,14H2,1H3. The molecule has 4 rings (SSSR count). The number of para-hydroxylation sites is 2. The first-order valence-electron chi connectivity index (χ1n) is 8.78. The van der Waals surface area contributed by atoms with Crippen molar-refractivity contribution in [3.8, 4) is 0 Å². The fourth-order valence-corrected chi connectivity index (χ4v) is 3.21. The Morgan fingerprint density at radius 3 is 2.48 bits per heavy atom. The first kappa shape index (κ1) is 16.9. The van der Waals surface area contributed by atoms with Crippen LogP contribution in [0.5, 0.6) is 0 Å². The Morgan fingerprint density at radius 2 is 1.70 bits per heavy atom. The Labute approximate surface area is 155 Å². The number of carbonyl (C=O) groups excluding carboxylic acids is 1. The lowest BCUT2D eigenvalue weighted by molar-refractivity contribution is -0.143. The summed E-state index contributed by atoms with van der Waals surface area (Å²) in [5, 5.41) is 1.93. The minimum atomic E-state index is -0.437. The molecule has 0 radical (unpaired) electrons. The van der Waals surface area contributed by atoms with Crippen LogP contribution in [0.15, 0.2) is 71.7 Å². The average molecular weight is 361 g/mol. The molecule has 1 N–H and O–H groups in total. The third-order valence-corrected chi connectivity index (χ3v) is 4.44. The van der Waals surface area contributed by atoms with Crippen LogP contribution in [0, 0.1) is 0 Å². The van der Waals surface area contributed by atoms with E-state index >= 15 is 0 Å². The first-order chi connectivity index (χ1) is 13.2. The number of benzene rings is 2. The van der Waals surface area contributed by atoms with Gasteiger partial charge < -0.3 is 4.74 Å². The lowest BCUT2D eigenvalue weighted by Crippen LogP contribution is -2.28. The smallest absolute Gasteiger partial charge is 0.326 e. The number of anilines is 1. The van der Waals surface area contributed by atoms with Crippen molar-refractivity contribution in [1.29, 1.82) is 0 Å². The van der Waals surface area contributed by atoms with Crippen LogP contribution in [-0.2, 0) is 16.1 Å². The summed E-state index contributed by atoms with van der Waals surface area (Å²) in [5.41, 5.74) is 4.93. The molecule has 0 bridgehead atoms. The lowest BCUT2D eigenvalue weighted by atomic mass is 10.2. The quantitative estimate of drug-likeness (QED) is 0.554. The third kappa shape index (κ3) is 3.17. The summed E-state index contributed by atoms with van der Waals surface area (Å²) < 4.78 is 8.28. The number of fused-ring (bicyclic) bond motifs is 2. The van der Waals surface area contributed by atoms with Crippen molar-refractivity contribution < 1.29 is 9.53 Å². The zero-order chi connectivity index (χ0) is 18.8. The maximum atomic E-state index is 13.1. The highest BCUT2D eigenvalue weighted by atomic mass is 16.5. The van der Waals surface area contributed by atoms with E-state index in [4.69, 9.17) is 4.74 Å². The number of hydrogen-bond acceptors (Lipinski definition) is 4. The van der Waals surface area contributed by atoms with Gasteiger partial charge in [-0.2, -0.15) is 0 Å². The maximum Gasteiger partial charge on any atom is 0.326 e. The van der Waals surface area contributed by atoms with Gasteiger partial charge in [0, 0.05) is 17.0 Å². The molecule has 6 heteroatoms. The normalized spacial score (nSPS) is 11.0. The summed E-state index contributed by atoms with van der Waals surface area (Å²) in [6.45, 7) is 1.89. The van der Waals surface area contributed by atoms with E-state index in [1.807, 2.05) is 60.8 Å². The zero-order valence-corrected chi connectivity index (χ0v) is 14.9. The Morgan fingerprint density at radius 1 is 1.00 bits per heavy atom. The largest absolute Gasteiger partial charge is 0.465 e. The molecule has 0 saturated carbocycles. The van der Waals surface area contributed by atoms with Gasteiger partial charge in [0.1, 0.15) is 12.2 Å². The molecule has 136 valence electrons. The van der Waals surface area contributed by atoms with E-state index in [9.17, 15) is 9.59 Å². The molecule has 0 atom stereocenters. The molecule has 2 aromatic carbocycles. The molecule has 0 amide bonds. The number of ether oxygens (including phenoxy) is 1. The second-order valence-electron chi connectivity index (χ2n) is 6.17. The van der Waals surface area contributed by atoms with Gasteiger partial charge in [0.2, 0.25) is 0 Å². The molecule has 0 saturated heterocycles. The van der Waals surface area contributed by atoms with Crippen molar-refractivity contribution in [2.24, 2.45) is 0 Å². The van der Waals surface area contributed by atoms with Crippen molar-refractivity contribution in [2.45, 2.75) is 13.5 Å². The second-order valence-corrected chi connectivity index (χ2v) is 6.17. The fraction of sp³-hybridized carbons (Fsp3) is 0.143. The second kappa shape index (κ2) is 6.99. The number of nitrogens with zero attached hydrogens (tertiary/aromatic N) is 2. The Balaban J connectivity index is 1.82. The molecule has 0 aliphatic carbocycles. The van der Waals surface area contributed by atoms with Crippen LogP contribution in [0.4, 0.5) is 5.69 Å².